The van der Waals surface area contributed by atoms with Gasteiger partial charge in [-0.1, -0.05) is 111 Å². The number of nitriles is 1. The quantitative estimate of drug-likeness (QED) is 0.185. The highest BCUT2D eigenvalue weighted by atomic mass is 15.0. The average molecular weight is 625 g/mol. The van der Waals surface area contributed by atoms with Gasteiger partial charge in [0.25, 0.3) is 0 Å². The normalized spacial score (nSPS) is 21.9. The standard InChI is InChI=1S/C44H40N4/c1-3-30-24-32-23-29(2)25-44(26-30,27-32)40-22-21-37(38-11-7-8-12-39(38)40)33-17-19-36(20-18-33)43-47-41(34-9-5-4-6-10-34)46-42(48-43)35-15-13-31(28-45)14-16-35/h4-22,29-30,32H,3,23-27H2,1-2H3/t29-,30+,32-,44?/m1/s1. The first-order valence-corrected chi connectivity index (χ1v) is 17.5. The molecule has 4 atom stereocenters. The van der Waals surface area contributed by atoms with Crippen molar-refractivity contribution in [1.82, 2.24) is 15.0 Å². The molecule has 48 heavy (non-hydrogen) atoms. The maximum atomic E-state index is 9.29. The molecule has 2 saturated carbocycles. The van der Waals surface area contributed by atoms with Crippen molar-refractivity contribution in [3.63, 3.8) is 0 Å². The van der Waals surface area contributed by atoms with Crippen molar-refractivity contribution in [3.05, 3.63) is 126 Å². The van der Waals surface area contributed by atoms with E-state index in [1.165, 1.54) is 60.4 Å². The van der Waals surface area contributed by atoms with E-state index >= 15 is 0 Å². The van der Waals surface area contributed by atoms with Gasteiger partial charge >= 0.3 is 0 Å². The van der Waals surface area contributed by atoms with Crippen LogP contribution >= 0.6 is 0 Å². The van der Waals surface area contributed by atoms with Crippen molar-refractivity contribution >= 4 is 10.8 Å². The van der Waals surface area contributed by atoms with Crippen LogP contribution in [-0.4, -0.2) is 15.0 Å². The molecule has 2 fully saturated rings. The van der Waals surface area contributed by atoms with Crippen molar-refractivity contribution in [2.75, 3.05) is 0 Å². The van der Waals surface area contributed by atoms with E-state index in [1.54, 1.807) is 17.7 Å². The molecule has 0 amide bonds. The zero-order valence-corrected chi connectivity index (χ0v) is 27.7. The van der Waals surface area contributed by atoms with Crippen molar-refractivity contribution in [2.45, 2.75) is 57.8 Å². The van der Waals surface area contributed by atoms with E-state index in [-0.39, 0.29) is 5.41 Å². The van der Waals surface area contributed by atoms with E-state index in [0.29, 0.717) is 23.0 Å². The molecule has 0 aliphatic heterocycles. The van der Waals surface area contributed by atoms with Gasteiger partial charge in [-0.3, -0.25) is 0 Å². The Labute approximate surface area is 283 Å². The van der Waals surface area contributed by atoms with Gasteiger partial charge in [0.05, 0.1) is 11.6 Å². The minimum Gasteiger partial charge on any atom is -0.208 e. The topological polar surface area (TPSA) is 62.5 Å². The highest BCUT2D eigenvalue weighted by Crippen LogP contribution is 2.56. The summed E-state index contributed by atoms with van der Waals surface area (Å²) in [6.07, 6.45) is 8.06. The molecule has 2 bridgehead atoms. The van der Waals surface area contributed by atoms with Gasteiger partial charge in [-0.05, 0) is 107 Å². The Kier molecular flexibility index (Phi) is 7.85. The van der Waals surface area contributed by atoms with Gasteiger partial charge < -0.3 is 0 Å². The van der Waals surface area contributed by atoms with Gasteiger partial charge in [0.2, 0.25) is 0 Å². The first kappa shape index (κ1) is 30.2. The smallest absolute Gasteiger partial charge is 0.164 e. The fraction of sp³-hybridized carbons (Fsp3) is 0.273. The Morgan fingerprint density at radius 3 is 1.85 bits per heavy atom. The highest BCUT2D eigenvalue weighted by Gasteiger charge is 2.46. The van der Waals surface area contributed by atoms with Gasteiger partial charge in [-0.25, -0.2) is 15.0 Å². The summed E-state index contributed by atoms with van der Waals surface area (Å²) in [6.45, 7) is 4.87. The molecule has 6 aromatic rings. The molecule has 0 saturated heterocycles. The van der Waals surface area contributed by atoms with Crippen molar-refractivity contribution in [1.29, 1.82) is 5.26 Å². The first-order chi connectivity index (χ1) is 23.5. The Bertz CT molecular complexity index is 2130. The number of aromatic nitrogens is 3. The fourth-order valence-electron chi connectivity index (χ4n) is 8.99. The predicted octanol–water partition coefficient (Wildman–Crippen LogP) is 11.1. The Morgan fingerprint density at radius 2 is 1.21 bits per heavy atom. The van der Waals surface area contributed by atoms with Crippen molar-refractivity contribution in [3.8, 4) is 51.4 Å². The molecule has 0 radical (unpaired) electrons. The van der Waals surface area contributed by atoms with Crippen LogP contribution in [0.3, 0.4) is 0 Å². The Hall–Kier alpha value is -5.14. The zero-order chi connectivity index (χ0) is 32.7. The highest BCUT2D eigenvalue weighted by molar-refractivity contribution is 5.99. The molecule has 236 valence electrons. The van der Waals surface area contributed by atoms with Crippen LogP contribution in [0.5, 0.6) is 0 Å². The van der Waals surface area contributed by atoms with Gasteiger partial charge in [0, 0.05) is 16.7 Å². The molecule has 0 N–H and O–H groups in total. The van der Waals surface area contributed by atoms with E-state index in [1.807, 2.05) is 42.5 Å². The van der Waals surface area contributed by atoms with Crippen LogP contribution in [-0.2, 0) is 5.41 Å². The zero-order valence-electron chi connectivity index (χ0n) is 27.7. The largest absolute Gasteiger partial charge is 0.208 e. The van der Waals surface area contributed by atoms with E-state index in [2.05, 4.69) is 80.6 Å². The summed E-state index contributed by atoms with van der Waals surface area (Å²) in [5.41, 5.74) is 7.62. The van der Waals surface area contributed by atoms with Crippen molar-refractivity contribution in [2.24, 2.45) is 17.8 Å². The van der Waals surface area contributed by atoms with E-state index in [9.17, 15) is 5.26 Å². The number of hydrogen-bond acceptors (Lipinski definition) is 4. The summed E-state index contributed by atoms with van der Waals surface area (Å²) in [6, 6.07) is 42.2. The van der Waals surface area contributed by atoms with Crippen LogP contribution in [0.2, 0.25) is 0 Å². The van der Waals surface area contributed by atoms with Crippen LogP contribution < -0.4 is 0 Å². The van der Waals surface area contributed by atoms with Gasteiger partial charge in [0.1, 0.15) is 0 Å². The third-order valence-electron chi connectivity index (χ3n) is 11.0. The lowest BCUT2D eigenvalue weighted by molar-refractivity contribution is 0.0712. The molecule has 8 rings (SSSR count). The number of benzene rings is 5. The lowest BCUT2D eigenvalue weighted by atomic mass is 9.53. The summed E-state index contributed by atoms with van der Waals surface area (Å²) < 4.78 is 0. The molecule has 2 aliphatic carbocycles. The van der Waals surface area contributed by atoms with E-state index in [4.69, 9.17) is 15.0 Å². The second-order valence-corrected chi connectivity index (χ2v) is 14.3. The van der Waals surface area contributed by atoms with Gasteiger partial charge in [-0.15, -0.1) is 0 Å². The number of rotatable bonds is 6. The number of hydrogen-bond donors (Lipinski definition) is 0. The Morgan fingerprint density at radius 1 is 0.625 bits per heavy atom. The van der Waals surface area contributed by atoms with Crippen LogP contribution in [0.4, 0.5) is 0 Å². The molecule has 1 unspecified atom stereocenters. The summed E-state index contributed by atoms with van der Waals surface area (Å²) >= 11 is 0. The van der Waals surface area contributed by atoms with E-state index < -0.39 is 0 Å². The van der Waals surface area contributed by atoms with Gasteiger partial charge in [0.15, 0.2) is 17.5 Å². The number of nitrogens with zero attached hydrogens (tertiary/aromatic N) is 4. The maximum Gasteiger partial charge on any atom is 0.164 e. The molecule has 1 heterocycles. The molecular formula is C44H40N4. The summed E-state index contributed by atoms with van der Waals surface area (Å²) in [5.74, 6) is 4.30. The average Bonchev–Trinajstić information content (AvgIpc) is 3.14. The van der Waals surface area contributed by atoms with Crippen LogP contribution in [0.1, 0.15) is 63.5 Å². The monoisotopic (exact) mass is 624 g/mol. The molecule has 4 nitrogen and oxygen atoms in total. The fourth-order valence-corrected chi connectivity index (χ4v) is 8.99. The molecule has 0 spiro atoms. The third-order valence-corrected chi connectivity index (χ3v) is 11.0. The summed E-state index contributed by atoms with van der Waals surface area (Å²) in [5, 5.41) is 12.0. The molecule has 2 aliphatic rings. The van der Waals surface area contributed by atoms with E-state index in [0.717, 1.165) is 34.4 Å². The SMILES string of the molecule is CC[C@H]1C[C@H]2C[C@@H](C)CC(c3ccc(-c4ccc(-c5nc(-c6ccccc6)nc(-c6ccc(C#N)cc6)n5)cc4)c4ccccc34)(C2)C1. The number of fused-ring (bicyclic) bond motifs is 3. The second kappa shape index (κ2) is 12.5. The second-order valence-electron chi connectivity index (χ2n) is 14.3. The van der Waals surface area contributed by atoms with Crippen LogP contribution in [0, 0.1) is 29.1 Å². The molecular weight excluding hydrogens is 585 g/mol. The van der Waals surface area contributed by atoms with Crippen LogP contribution in [0.25, 0.3) is 56.1 Å². The minimum atomic E-state index is 0.283. The Balaban J connectivity index is 1.18. The van der Waals surface area contributed by atoms with Crippen LogP contribution in [0.15, 0.2) is 115 Å². The lowest BCUT2D eigenvalue weighted by Gasteiger charge is -2.51. The molecule has 5 aromatic carbocycles. The predicted molar refractivity (Wildman–Crippen MR) is 195 cm³/mol. The third kappa shape index (κ3) is 5.58. The molecule has 1 aromatic heterocycles. The summed E-state index contributed by atoms with van der Waals surface area (Å²) in [4.78, 5) is 14.7. The van der Waals surface area contributed by atoms with Gasteiger partial charge in [-0.2, -0.15) is 5.26 Å². The molecule has 4 heteroatoms. The van der Waals surface area contributed by atoms with Crippen molar-refractivity contribution < 1.29 is 0 Å². The summed E-state index contributed by atoms with van der Waals surface area (Å²) in [7, 11) is 0. The first-order valence-electron chi connectivity index (χ1n) is 17.5. The maximum absolute atomic E-state index is 9.29. The minimum absolute atomic E-state index is 0.283. The lowest BCUT2D eigenvalue weighted by Crippen LogP contribution is -2.42.